The van der Waals surface area contributed by atoms with Gasteiger partial charge in [0.25, 0.3) is 0 Å². The van der Waals surface area contributed by atoms with E-state index in [1.165, 1.54) is 0 Å². The first kappa shape index (κ1) is 17.9. The summed E-state index contributed by atoms with van der Waals surface area (Å²) in [6.07, 6.45) is 0. The fourth-order valence-electron chi connectivity index (χ4n) is 2.22. The fraction of sp³-hybridized carbons (Fsp3) is 0.533. The van der Waals surface area contributed by atoms with Crippen molar-refractivity contribution >= 4 is 40.9 Å². The van der Waals surface area contributed by atoms with Gasteiger partial charge in [0, 0.05) is 48.4 Å². The van der Waals surface area contributed by atoms with Crippen LogP contribution in [0.1, 0.15) is 0 Å². The second-order valence-electron chi connectivity index (χ2n) is 5.29. The summed E-state index contributed by atoms with van der Waals surface area (Å²) >= 11 is 13.8. The summed E-state index contributed by atoms with van der Waals surface area (Å²) in [5, 5.41) is 4.66. The molecule has 0 spiro atoms. The standard InChI is InChI=1S/C15H21Cl2N3OS/c1-19(11-15(21)20-6-4-18-5-7-20)8-9-22-14-10-12(16)2-3-13(14)17/h2-3,10,18H,4-9,11H2,1H3. The van der Waals surface area contributed by atoms with Gasteiger partial charge >= 0.3 is 0 Å². The van der Waals surface area contributed by atoms with E-state index in [0.717, 1.165) is 43.4 Å². The highest BCUT2D eigenvalue weighted by molar-refractivity contribution is 7.99. The minimum atomic E-state index is 0.204. The molecule has 22 heavy (non-hydrogen) atoms. The number of rotatable bonds is 6. The fourth-order valence-corrected chi connectivity index (χ4v) is 3.78. The zero-order chi connectivity index (χ0) is 15.9. The summed E-state index contributed by atoms with van der Waals surface area (Å²) in [4.78, 5) is 17.1. The van der Waals surface area contributed by atoms with Crippen LogP contribution in [0, 0.1) is 0 Å². The maximum atomic E-state index is 12.2. The molecular formula is C15H21Cl2N3OS. The van der Waals surface area contributed by atoms with Crippen LogP contribution in [0.25, 0.3) is 0 Å². The van der Waals surface area contributed by atoms with Crippen molar-refractivity contribution < 1.29 is 4.79 Å². The van der Waals surface area contributed by atoms with Crippen molar-refractivity contribution in [1.82, 2.24) is 15.1 Å². The van der Waals surface area contributed by atoms with E-state index < -0.39 is 0 Å². The zero-order valence-corrected chi connectivity index (χ0v) is 15.0. The van der Waals surface area contributed by atoms with E-state index in [2.05, 4.69) is 10.2 Å². The smallest absolute Gasteiger partial charge is 0.236 e. The Hall–Kier alpha value is -0.460. The van der Waals surface area contributed by atoms with E-state index >= 15 is 0 Å². The van der Waals surface area contributed by atoms with E-state index in [1.807, 2.05) is 24.1 Å². The maximum Gasteiger partial charge on any atom is 0.236 e. The lowest BCUT2D eigenvalue weighted by atomic mass is 10.3. The minimum absolute atomic E-state index is 0.204. The van der Waals surface area contributed by atoms with Crippen molar-refractivity contribution in [3.8, 4) is 0 Å². The third-order valence-corrected chi connectivity index (χ3v) is 5.21. The first-order valence-electron chi connectivity index (χ1n) is 7.31. The van der Waals surface area contributed by atoms with Gasteiger partial charge in [0.2, 0.25) is 5.91 Å². The van der Waals surface area contributed by atoms with Gasteiger partial charge in [-0.05, 0) is 25.2 Å². The first-order chi connectivity index (χ1) is 10.6. The lowest BCUT2D eigenvalue weighted by molar-refractivity contribution is -0.132. The molecule has 0 atom stereocenters. The Kier molecular flexibility index (Phi) is 7.31. The molecule has 0 saturated carbocycles. The van der Waals surface area contributed by atoms with Gasteiger partial charge in [-0.2, -0.15) is 0 Å². The highest BCUT2D eigenvalue weighted by Crippen LogP contribution is 2.29. The van der Waals surface area contributed by atoms with Crippen LogP contribution in [0.3, 0.4) is 0 Å². The Bertz CT molecular complexity index is 510. The predicted octanol–water partition coefficient (Wildman–Crippen LogP) is 2.45. The predicted molar refractivity (Wildman–Crippen MR) is 94.1 cm³/mol. The number of piperazine rings is 1. The molecule has 1 saturated heterocycles. The van der Waals surface area contributed by atoms with Gasteiger partial charge in [0.1, 0.15) is 0 Å². The molecule has 0 aromatic heterocycles. The van der Waals surface area contributed by atoms with Gasteiger partial charge in [0.05, 0.1) is 11.6 Å². The molecule has 1 aromatic carbocycles. The molecule has 1 aromatic rings. The second kappa shape index (κ2) is 8.99. The van der Waals surface area contributed by atoms with E-state index in [1.54, 1.807) is 17.8 Å². The van der Waals surface area contributed by atoms with Gasteiger partial charge in [-0.1, -0.05) is 23.2 Å². The SMILES string of the molecule is CN(CCSc1cc(Cl)ccc1Cl)CC(=O)N1CCNCC1. The van der Waals surface area contributed by atoms with Crippen LogP contribution in [0.2, 0.25) is 10.0 Å². The summed E-state index contributed by atoms with van der Waals surface area (Å²) in [6.45, 7) is 4.67. The van der Waals surface area contributed by atoms with Crippen molar-refractivity contribution in [2.75, 3.05) is 52.1 Å². The summed E-state index contributed by atoms with van der Waals surface area (Å²) in [6, 6.07) is 5.47. The number of halogens is 2. The molecule has 4 nitrogen and oxygen atoms in total. The quantitative estimate of drug-likeness (QED) is 0.789. The molecule has 0 bridgehead atoms. The van der Waals surface area contributed by atoms with Crippen LogP contribution < -0.4 is 5.32 Å². The maximum absolute atomic E-state index is 12.2. The Morgan fingerprint density at radius 2 is 2.09 bits per heavy atom. The molecule has 1 N–H and O–H groups in total. The van der Waals surface area contributed by atoms with Crippen molar-refractivity contribution in [2.24, 2.45) is 0 Å². The summed E-state index contributed by atoms with van der Waals surface area (Å²) in [5.74, 6) is 1.07. The average Bonchev–Trinajstić information content (AvgIpc) is 2.51. The molecule has 1 aliphatic rings. The molecule has 1 amide bonds. The molecule has 1 aliphatic heterocycles. The minimum Gasteiger partial charge on any atom is -0.339 e. The summed E-state index contributed by atoms with van der Waals surface area (Å²) in [7, 11) is 1.97. The largest absolute Gasteiger partial charge is 0.339 e. The number of likely N-dealkylation sites (N-methyl/N-ethyl adjacent to an activating group) is 1. The Labute approximate surface area is 146 Å². The third kappa shape index (κ3) is 5.63. The molecule has 1 fully saturated rings. The third-order valence-electron chi connectivity index (χ3n) is 3.50. The Morgan fingerprint density at radius 3 is 2.82 bits per heavy atom. The number of thioether (sulfide) groups is 1. The van der Waals surface area contributed by atoms with Gasteiger partial charge in [0.15, 0.2) is 0 Å². The van der Waals surface area contributed by atoms with Crippen LogP contribution in [0.4, 0.5) is 0 Å². The number of carbonyl (C=O) groups excluding carboxylic acids is 1. The number of hydrogen-bond acceptors (Lipinski definition) is 4. The molecule has 0 aliphatic carbocycles. The van der Waals surface area contributed by atoms with Crippen molar-refractivity contribution in [2.45, 2.75) is 4.90 Å². The van der Waals surface area contributed by atoms with E-state index in [0.29, 0.717) is 16.6 Å². The molecule has 1 heterocycles. The van der Waals surface area contributed by atoms with Gasteiger partial charge in [-0.15, -0.1) is 11.8 Å². The first-order valence-corrected chi connectivity index (χ1v) is 9.05. The van der Waals surface area contributed by atoms with Gasteiger partial charge < -0.3 is 10.2 Å². The topological polar surface area (TPSA) is 35.6 Å². The lowest BCUT2D eigenvalue weighted by Crippen LogP contribution is -2.49. The van der Waals surface area contributed by atoms with Crippen molar-refractivity contribution in [3.05, 3.63) is 28.2 Å². The highest BCUT2D eigenvalue weighted by atomic mass is 35.5. The number of nitrogens with zero attached hydrogens (tertiary/aromatic N) is 2. The number of benzene rings is 1. The average molecular weight is 362 g/mol. The van der Waals surface area contributed by atoms with E-state index in [9.17, 15) is 4.79 Å². The van der Waals surface area contributed by atoms with Crippen LogP contribution >= 0.6 is 35.0 Å². The van der Waals surface area contributed by atoms with E-state index in [4.69, 9.17) is 23.2 Å². The monoisotopic (exact) mass is 361 g/mol. The second-order valence-corrected chi connectivity index (χ2v) is 7.27. The zero-order valence-electron chi connectivity index (χ0n) is 12.6. The number of hydrogen-bond donors (Lipinski definition) is 1. The molecule has 122 valence electrons. The summed E-state index contributed by atoms with van der Waals surface area (Å²) < 4.78 is 0. The molecule has 0 unspecified atom stereocenters. The molecule has 0 radical (unpaired) electrons. The molecule has 2 rings (SSSR count). The van der Waals surface area contributed by atoms with Crippen molar-refractivity contribution in [3.63, 3.8) is 0 Å². The van der Waals surface area contributed by atoms with Gasteiger partial charge in [-0.3, -0.25) is 9.69 Å². The van der Waals surface area contributed by atoms with Crippen LogP contribution in [0.5, 0.6) is 0 Å². The number of amides is 1. The Balaban J connectivity index is 1.72. The van der Waals surface area contributed by atoms with Crippen LogP contribution in [-0.4, -0.2) is 67.8 Å². The number of nitrogens with one attached hydrogen (secondary N) is 1. The van der Waals surface area contributed by atoms with Crippen LogP contribution in [-0.2, 0) is 4.79 Å². The summed E-state index contributed by atoms with van der Waals surface area (Å²) in [5.41, 5.74) is 0. The lowest BCUT2D eigenvalue weighted by Gasteiger charge is -2.29. The highest BCUT2D eigenvalue weighted by Gasteiger charge is 2.17. The van der Waals surface area contributed by atoms with Crippen LogP contribution in [0.15, 0.2) is 23.1 Å². The normalized spacial score (nSPS) is 15.4. The molecular weight excluding hydrogens is 341 g/mol. The van der Waals surface area contributed by atoms with Crippen molar-refractivity contribution in [1.29, 1.82) is 0 Å². The van der Waals surface area contributed by atoms with Gasteiger partial charge in [-0.25, -0.2) is 0 Å². The molecule has 7 heteroatoms. The Morgan fingerprint density at radius 1 is 1.36 bits per heavy atom. The van der Waals surface area contributed by atoms with E-state index in [-0.39, 0.29) is 5.91 Å². The number of carbonyl (C=O) groups is 1.